The van der Waals surface area contributed by atoms with Crippen LogP contribution in [0.15, 0.2) is 12.5 Å². The Kier molecular flexibility index (Phi) is 5.18. The molecule has 1 aliphatic rings. The molecule has 0 saturated carbocycles. The van der Waals surface area contributed by atoms with E-state index in [9.17, 15) is 0 Å². The molecular weight excluding hydrogens is 250 g/mol. The van der Waals surface area contributed by atoms with E-state index in [1.54, 1.807) is 0 Å². The van der Waals surface area contributed by atoms with Crippen LogP contribution in [0.1, 0.15) is 64.7 Å². The van der Waals surface area contributed by atoms with Gasteiger partial charge in [0.05, 0.1) is 18.1 Å². The molecule has 20 heavy (non-hydrogen) atoms. The number of piperidine rings is 1. The number of hydrazine groups is 1. The van der Waals surface area contributed by atoms with Crippen molar-refractivity contribution in [3.8, 4) is 0 Å². The van der Waals surface area contributed by atoms with Gasteiger partial charge in [-0.25, -0.2) is 15.4 Å². The van der Waals surface area contributed by atoms with E-state index in [2.05, 4.69) is 47.7 Å². The van der Waals surface area contributed by atoms with Crippen LogP contribution < -0.4 is 11.2 Å². The van der Waals surface area contributed by atoms with Crippen molar-refractivity contribution in [1.82, 2.24) is 20.0 Å². The van der Waals surface area contributed by atoms with Crippen molar-refractivity contribution in [2.24, 2.45) is 5.73 Å². The lowest BCUT2D eigenvalue weighted by molar-refractivity contribution is 0.0291. The minimum absolute atomic E-state index is 0.128. The molecule has 1 aromatic heterocycles. The molecule has 0 aliphatic carbocycles. The topological polar surface area (TPSA) is 59.1 Å². The van der Waals surface area contributed by atoms with Gasteiger partial charge in [0.2, 0.25) is 0 Å². The standard InChI is InChI=1S/C15H29N5/c1-11(2)19-10-17-9-15(19)14(8-16)18-20-12(3)6-5-7-13(20)4/h9-14,18H,5-8,16H2,1-4H3. The molecule has 2 heterocycles. The fourth-order valence-corrected chi connectivity index (χ4v) is 3.11. The Hall–Kier alpha value is -0.910. The van der Waals surface area contributed by atoms with Crippen LogP contribution in [-0.2, 0) is 0 Å². The number of imidazole rings is 1. The largest absolute Gasteiger partial charge is 0.331 e. The van der Waals surface area contributed by atoms with E-state index in [1.165, 1.54) is 25.0 Å². The minimum Gasteiger partial charge on any atom is -0.331 e. The zero-order chi connectivity index (χ0) is 14.7. The monoisotopic (exact) mass is 279 g/mol. The van der Waals surface area contributed by atoms with Gasteiger partial charge >= 0.3 is 0 Å². The first-order valence-electron chi connectivity index (χ1n) is 7.80. The van der Waals surface area contributed by atoms with Crippen LogP contribution in [0.25, 0.3) is 0 Å². The van der Waals surface area contributed by atoms with Gasteiger partial charge in [-0.3, -0.25) is 0 Å². The van der Waals surface area contributed by atoms with Crippen LogP contribution in [0.4, 0.5) is 0 Å². The van der Waals surface area contributed by atoms with Gasteiger partial charge in [0, 0.05) is 30.9 Å². The van der Waals surface area contributed by atoms with Crippen LogP contribution >= 0.6 is 0 Å². The SMILES string of the molecule is CC1CCCC(C)N1NC(CN)c1cncn1C(C)C. The van der Waals surface area contributed by atoms with Crippen molar-refractivity contribution in [3.05, 3.63) is 18.2 Å². The van der Waals surface area contributed by atoms with Gasteiger partial charge < -0.3 is 10.3 Å². The second kappa shape index (κ2) is 6.70. The Labute approximate surface area is 122 Å². The van der Waals surface area contributed by atoms with Crippen molar-refractivity contribution < 1.29 is 0 Å². The van der Waals surface area contributed by atoms with Crippen LogP contribution in [0.2, 0.25) is 0 Å². The average molecular weight is 279 g/mol. The highest BCUT2D eigenvalue weighted by atomic mass is 15.5. The summed E-state index contributed by atoms with van der Waals surface area (Å²) in [6.45, 7) is 9.50. The molecule has 2 rings (SSSR count). The maximum atomic E-state index is 6.01. The fourth-order valence-electron chi connectivity index (χ4n) is 3.11. The summed E-state index contributed by atoms with van der Waals surface area (Å²) >= 11 is 0. The molecular formula is C15H29N5. The van der Waals surface area contributed by atoms with E-state index < -0.39 is 0 Å². The molecule has 3 unspecified atom stereocenters. The molecule has 1 aliphatic heterocycles. The van der Waals surface area contributed by atoms with Gasteiger partial charge in [-0.2, -0.15) is 0 Å². The first-order valence-corrected chi connectivity index (χ1v) is 7.80. The number of hydrogen-bond acceptors (Lipinski definition) is 4. The third kappa shape index (κ3) is 3.22. The van der Waals surface area contributed by atoms with Crippen LogP contribution in [0.5, 0.6) is 0 Å². The number of rotatable bonds is 5. The van der Waals surface area contributed by atoms with Crippen LogP contribution in [0.3, 0.4) is 0 Å². The lowest BCUT2D eigenvalue weighted by Crippen LogP contribution is -2.54. The Balaban J connectivity index is 2.14. The van der Waals surface area contributed by atoms with Gasteiger partial charge in [-0.1, -0.05) is 6.42 Å². The highest BCUT2D eigenvalue weighted by Crippen LogP contribution is 2.23. The summed E-state index contributed by atoms with van der Waals surface area (Å²) in [6, 6.07) is 1.65. The van der Waals surface area contributed by atoms with Gasteiger partial charge in [0.1, 0.15) is 0 Å². The quantitative estimate of drug-likeness (QED) is 0.868. The maximum absolute atomic E-state index is 6.01. The molecule has 5 heteroatoms. The summed E-state index contributed by atoms with van der Waals surface area (Å²) in [5.41, 5.74) is 10.8. The van der Waals surface area contributed by atoms with Crippen molar-refractivity contribution in [1.29, 1.82) is 0 Å². The summed E-state index contributed by atoms with van der Waals surface area (Å²) in [5, 5.41) is 2.39. The molecule has 3 N–H and O–H groups in total. The Bertz CT molecular complexity index is 404. The summed E-state index contributed by atoms with van der Waals surface area (Å²) in [7, 11) is 0. The summed E-state index contributed by atoms with van der Waals surface area (Å²) in [6.07, 6.45) is 7.64. The lowest BCUT2D eigenvalue weighted by Gasteiger charge is -2.41. The number of hydrogen-bond donors (Lipinski definition) is 2. The molecule has 1 aromatic rings. The summed E-state index contributed by atoms with van der Waals surface area (Å²) in [5.74, 6) is 0. The highest BCUT2D eigenvalue weighted by Gasteiger charge is 2.28. The maximum Gasteiger partial charge on any atom is 0.0951 e. The smallest absolute Gasteiger partial charge is 0.0951 e. The fraction of sp³-hybridized carbons (Fsp3) is 0.800. The molecule has 0 amide bonds. The van der Waals surface area contributed by atoms with Gasteiger partial charge in [-0.15, -0.1) is 0 Å². The van der Waals surface area contributed by atoms with Crippen LogP contribution in [-0.4, -0.2) is 33.2 Å². The number of nitrogens with zero attached hydrogens (tertiary/aromatic N) is 3. The number of nitrogens with two attached hydrogens (primary N) is 1. The predicted octanol–water partition coefficient (Wildman–Crippen LogP) is 2.23. The number of nitrogens with one attached hydrogen (secondary N) is 1. The predicted molar refractivity (Wildman–Crippen MR) is 82.2 cm³/mol. The highest BCUT2D eigenvalue weighted by molar-refractivity contribution is 5.07. The molecule has 114 valence electrons. The third-order valence-corrected chi connectivity index (χ3v) is 4.34. The summed E-state index contributed by atoms with van der Waals surface area (Å²) in [4.78, 5) is 4.29. The lowest BCUT2D eigenvalue weighted by atomic mass is 9.99. The molecule has 0 spiro atoms. The van der Waals surface area contributed by atoms with E-state index in [-0.39, 0.29) is 6.04 Å². The molecule has 1 saturated heterocycles. The van der Waals surface area contributed by atoms with E-state index in [0.29, 0.717) is 24.7 Å². The van der Waals surface area contributed by atoms with E-state index in [0.717, 1.165) is 0 Å². The van der Waals surface area contributed by atoms with Crippen molar-refractivity contribution in [2.45, 2.75) is 71.1 Å². The first-order chi connectivity index (χ1) is 9.54. The Morgan fingerprint density at radius 3 is 2.55 bits per heavy atom. The van der Waals surface area contributed by atoms with Crippen LogP contribution in [0, 0.1) is 0 Å². The molecule has 5 nitrogen and oxygen atoms in total. The molecule has 1 fully saturated rings. The molecule has 0 bridgehead atoms. The summed E-state index contributed by atoms with van der Waals surface area (Å²) < 4.78 is 2.20. The zero-order valence-electron chi connectivity index (χ0n) is 13.2. The zero-order valence-corrected chi connectivity index (χ0v) is 13.2. The second-order valence-corrected chi connectivity index (χ2v) is 6.27. The van der Waals surface area contributed by atoms with Crippen molar-refractivity contribution in [3.63, 3.8) is 0 Å². The molecule has 0 radical (unpaired) electrons. The van der Waals surface area contributed by atoms with Gasteiger partial charge in [-0.05, 0) is 40.5 Å². The molecule has 0 aromatic carbocycles. The van der Waals surface area contributed by atoms with E-state index in [4.69, 9.17) is 5.73 Å². The Morgan fingerprint density at radius 2 is 2.00 bits per heavy atom. The third-order valence-electron chi connectivity index (χ3n) is 4.34. The van der Waals surface area contributed by atoms with Gasteiger partial charge in [0.25, 0.3) is 0 Å². The van der Waals surface area contributed by atoms with Crippen molar-refractivity contribution >= 4 is 0 Å². The average Bonchev–Trinajstić information content (AvgIpc) is 2.88. The normalized spacial score (nSPS) is 26.1. The van der Waals surface area contributed by atoms with Gasteiger partial charge in [0.15, 0.2) is 0 Å². The minimum atomic E-state index is 0.128. The van der Waals surface area contributed by atoms with E-state index >= 15 is 0 Å². The Morgan fingerprint density at radius 1 is 1.35 bits per heavy atom. The molecule has 3 atom stereocenters. The van der Waals surface area contributed by atoms with Crippen molar-refractivity contribution in [2.75, 3.05) is 6.54 Å². The number of aromatic nitrogens is 2. The van der Waals surface area contributed by atoms with E-state index in [1.807, 2.05) is 12.5 Å². The first kappa shape index (κ1) is 15.5. The second-order valence-electron chi connectivity index (χ2n) is 6.27.